The van der Waals surface area contributed by atoms with Crippen molar-refractivity contribution in [3.63, 3.8) is 0 Å². The monoisotopic (exact) mass is 509 g/mol. The number of phosphoric ester groups is 1. The molecule has 1 N–H and O–H groups in total. The number of aliphatic hydroxyl groups is 1. The molecule has 0 spiro atoms. The van der Waals surface area contributed by atoms with E-state index in [1.165, 1.54) is 70.6 Å². The van der Waals surface area contributed by atoms with Gasteiger partial charge in [0, 0.05) is 6.42 Å². The molecular formula is C25H52NO7P. The first kappa shape index (κ1) is 33.5. The highest BCUT2D eigenvalue weighted by Gasteiger charge is 2.16. The third kappa shape index (κ3) is 24.6. The minimum absolute atomic E-state index is 0.00540. The molecule has 0 aliphatic rings. The maximum absolute atomic E-state index is 11.8. The van der Waals surface area contributed by atoms with Crippen LogP contribution < -0.4 is 4.89 Å². The van der Waals surface area contributed by atoms with E-state index in [0.717, 1.165) is 19.3 Å². The Balaban J connectivity index is 3.55. The van der Waals surface area contributed by atoms with Gasteiger partial charge in [-0.25, -0.2) is 0 Å². The molecule has 0 radical (unpaired) electrons. The zero-order valence-electron chi connectivity index (χ0n) is 22.3. The Labute approximate surface area is 208 Å². The van der Waals surface area contributed by atoms with Crippen molar-refractivity contribution in [3.05, 3.63) is 0 Å². The normalized spacial score (nSPS) is 14.6. The van der Waals surface area contributed by atoms with Crippen molar-refractivity contribution < 1.29 is 37.6 Å². The maximum atomic E-state index is 11.8. The molecule has 0 aliphatic heterocycles. The highest BCUT2D eigenvalue weighted by Crippen LogP contribution is 2.38. The minimum Gasteiger partial charge on any atom is -0.756 e. The summed E-state index contributed by atoms with van der Waals surface area (Å²) >= 11 is 0. The smallest absolute Gasteiger partial charge is 0.305 e. The third-order valence-electron chi connectivity index (χ3n) is 5.61. The number of carbonyl (C=O) groups is 1. The molecule has 0 fully saturated rings. The Hall–Kier alpha value is -0.500. The second kappa shape index (κ2) is 20.7. The molecule has 9 heteroatoms. The molecule has 0 aromatic carbocycles. The molecular weight excluding hydrogens is 457 g/mol. The first-order valence-corrected chi connectivity index (χ1v) is 14.8. The lowest BCUT2D eigenvalue weighted by Crippen LogP contribution is -2.37. The number of aliphatic hydroxyl groups excluding tert-OH is 1. The van der Waals surface area contributed by atoms with Crippen LogP contribution in [0.25, 0.3) is 0 Å². The average Bonchev–Trinajstić information content (AvgIpc) is 2.75. The van der Waals surface area contributed by atoms with Crippen LogP contribution in [0.1, 0.15) is 103 Å². The Bertz CT molecular complexity index is 540. The lowest BCUT2D eigenvalue weighted by Gasteiger charge is -2.27. The van der Waals surface area contributed by atoms with Gasteiger partial charge >= 0.3 is 5.97 Å². The average molecular weight is 510 g/mol. The molecule has 2 atom stereocenters. The number of rotatable bonds is 24. The summed E-state index contributed by atoms with van der Waals surface area (Å²) in [6.07, 6.45) is 16.6. The largest absolute Gasteiger partial charge is 0.756 e. The van der Waals surface area contributed by atoms with Gasteiger partial charge < -0.3 is 28.3 Å². The fraction of sp³-hybridized carbons (Fsp3) is 0.960. The van der Waals surface area contributed by atoms with Crippen molar-refractivity contribution in [2.45, 2.75) is 109 Å². The Kier molecular flexibility index (Phi) is 20.4. The van der Waals surface area contributed by atoms with Crippen LogP contribution in [-0.2, 0) is 23.1 Å². The van der Waals surface area contributed by atoms with E-state index in [1.54, 1.807) is 0 Å². The van der Waals surface area contributed by atoms with Crippen LogP contribution in [0.4, 0.5) is 0 Å². The third-order valence-corrected chi connectivity index (χ3v) is 6.57. The highest BCUT2D eigenvalue weighted by molar-refractivity contribution is 7.45. The maximum Gasteiger partial charge on any atom is 0.305 e. The summed E-state index contributed by atoms with van der Waals surface area (Å²) < 4.78 is 26.6. The fourth-order valence-electron chi connectivity index (χ4n) is 3.41. The van der Waals surface area contributed by atoms with E-state index in [4.69, 9.17) is 9.26 Å². The summed E-state index contributed by atoms with van der Waals surface area (Å²) in [4.78, 5) is 23.5. The number of esters is 1. The lowest BCUT2D eigenvalue weighted by atomic mass is 10.0. The number of quaternary nitrogens is 1. The number of ether oxygens (including phenoxy) is 1. The van der Waals surface area contributed by atoms with Crippen molar-refractivity contribution in [1.82, 2.24) is 0 Å². The summed E-state index contributed by atoms with van der Waals surface area (Å²) in [5.41, 5.74) is 0. The number of nitrogens with zero attached hydrogens (tertiary/aromatic N) is 1. The van der Waals surface area contributed by atoms with Crippen LogP contribution in [0.5, 0.6) is 0 Å². The van der Waals surface area contributed by atoms with E-state index < -0.39 is 20.5 Å². The molecule has 0 bridgehead atoms. The second-order valence-electron chi connectivity index (χ2n) is 10.3. The van der Waals surface area contributed by atoms with Gasteiger partial charge in [0.15, 0.2) is 0 Å². The van der Waals surface area contributed by atoms with Crippen LogP contribution in [0, 0.1) is 0 Å². The van der Waals surface area contributed by atoms with Crippen molar-refractivity contribution in [2.75, 3.05) is 47.5 Å². The summed E-state index contributed by atoms with van der Waals surface area (Å²) in [6.45, 7) is 1.94. The number of carbonyl (C=O) groups excluding carboxylic acids is 1. The van der Waals surface area contributed by atoms with Gasteiger partial charge in [0.05, 0.1) is 27.7 Å². The molecule has 0 saturated carbocycles. The van der Waals surface area contributed by atoms with Crippen molar-refractivity contribution in [2.24, 2.45) is 0 Å². The summed E-state index contributed by atoms with van der Waals surface area (Å²) in [6, 6.07) is 0. The predicted octanol–water partition coefficient (Wildman–Crippen LogP) is 4.97. The molecule has 0 aromatic heterocycles. The Morgan fingerprint density at radius 2 is 1.29 bits per heavy atom. The summed E-state index contributed by atoms with van der Waals surface area (Å²) in [7, 11) is 1.25. The first-order chi connectivity index (χ1) is 16.1. The van der Waals surface area contributed by atoms with E-state index in [2.05, 4.69) is 11.4 Å². The van der Waals surface area contributed by atoms with E-state index in [1.807, 2.05) is 21.1 Å². The van der Waals surface area contributed by atoms with Gasteiger partial charge in [-0.15, -0.1) is 0 Å². The standard InChI is InChI=1S/C25H52NO7P/c1-5-6-7-8-9-10-11-12-13-14-15-16-17-18-19-25(28)31-22-24(27)23-33-34(29,30)32-21-20-26(2,3)4/h24,27H,5-23H2,1-4H3/t24-/m1/s1. The van der Waals surface area contributed by atoms with Crippen LogP contribution >= 0.6 is 7.82 Å². The quantitative estimate of drug-likeness (QED) is 0.0847. The molecule has 8 nitrogen and oxygen atoms in total. The SMILES string of the molecule is CCCCCCCCCCCCCCCCC(=O)OC[C@@H](O)COP(=O)([O-])OCC[N+](C)(C)C. The zero-order chi connectivity index (χ0) is 25.7. The first-order valence-electron chi connectivity index (χ1n) is 13.3. The Morgan fingerprint density at radius 1 is 0.824 bits per heavy atom. The van der Waals surface area contributed by atoms with Gasteiger partial charge in [-0.05, 0) is 6.42 Å². The highest BCUT2D eigenvalue weighted by atomic mass is 31.2. The van der Waals surface area contributed by atoms with E-state index in [9.17, 15) is 19.4 Å². The van der Waals surface area contributed by atoms with Crippen molar-refractivity contribution >= 4 is 13.8 Å². The van der Waals surface area contributed by atoms with Crippen LogP contribution in [0.3, 0.4) is 0 Å². The minimum atomic E-state index is -4.49. The van der Waals surface area contributed by atoms with Crippen molar-refractivity contribution in [1.29, 1.82) is 0 Å². The fourth-order valence-corrected chi connectivity index (χ4v) is 4.15. The number of phosphoric acid groups is 1. The molecule has 0 aliphatic carbocycles. The molecule has 0 saturated heterocycles. The number of hydrogen-bond acceptors (Lipinski definition) is 7. The van der Waals surface area contributed by atoms with Crippen LogP contribution in [-0.4, -0.2) is 69.2 Å². The van der Waals surface area contributed by atoms with Gasteiger partial charge in [0.1, 0.15) is 25.9 Å². The van der Waals surface area contributed by atoms with E-state index in [0.29, 0.717) is 17.4 Å². The predicted molar refractivity (Wildman–Crippen MR) is 134 cm³/mol. The summed E-state index contributed by atoms with van der Waals surface area (Å²) in [5.74, 6) is -0.387. The number of hydrogen-bond donors (Lipinski definition) is 1. The topological polar surface area (TPSA) is 105 Å². The molecule has 34 heavy (non-hydrogen) atoms. The molecule has 0 aromatic rings. The molecule has 0 amide bonds. The Morgan fingerprint density at radius 3 is 1.76 bits per heavy atom. The second-order valence-corrected chi connectivity index (χ2v) is 11.7. The number of unbranched alkanes of at least 4 members (excludes halogenated alkanes) is 13. The molecule has 0 rings (SSSR count). The van der Waals surface area contributed by atoms with Gasteiger partial charge in [-0.3, -0.25) is 9.36 Å². The van der Waals surface area contributed by atoms with Gasteiger partial charge in [0.2, 0.25) is 0 Å². The number of likely N-dealkylation sites (N-methyl/N-ethyl adjacent to an activating group) is 1. The van der Waals surface area contributed by atoms with E-state index >= 15 is 0 Å². The lowest BCUT2D eigenvalue weighted by molar-refractivity contribution is -0.870. The van der Waals surface area contributed by atoms with Gasteiger partial charge in [-0.1, -0.05) is 90.4 Å². The molecule has 204 valence electrons. The van der Waals surface area contributed by atoms with Crippen molar-refractivity contribution in [3.8, 4) is 0 Å². The van der Waals surface area contributed by atoms with Gasteiger partial charge in [0.25, 0.3) is 7.82 Å². The van der Waals surface area contributed by atoms with E-state index in [-0.39, 0.29) is 19.2 Å². The molecule has 1 unspecified atom stereocenters. The molecule has 0 heterocycles. The van der Waals surface area contributed by atoms with Crippen LogP contribution in [0.2, 0.25) is 0 Å². The summed E-state index contributed by atoms with van der Waals surface area (Å²) in [5, 5.41) is 9.79. The van der Waals surface area contributed by atoms with Gasteiger partial charge in [-0.2, -0.15) is 0 Å². The van der Waals surface area contributed by atoms with Crippen LogP contribution in [0.15, 0.2) is 0 Å². The zero-order valence-corrected chi connectivity index (χ0v) is 23.2.